The van der Waals surface area contributed by atoms with E-state index in [1.54, 1.807) is 0 Å². The minimum atomic E-state index is -0.250. The van der Waals surface area contributed by atoms with Crippen molar-refractivity contribution in [2.45, 2.75) is 18.9 Å². The van der Waals surface area contributed by atoms with E-state index in [1.165, 1.54) is 0 Å². The molecule has 0 spiro atoms. The van der Waals surface area contributed by atoms with Gasteiger partial charge in [-0.2, -0.15) is 5.10 Å². The summed E-state index contributed by atoms with van der Waals surface area (Å²) in [5, 5.41) is 13.9. The maximum atomic E-state index is 12.5. The fourth-order valence-corrected chi connectivity index (χ4v) is 3.98. The van der Waals surface area contributed by atoms with Crippen LogP contribution in [0.2, 0.25) is 0 Å². The molecule has 1 aromatic carbocycles. The van der Waals surface area contributed by atoms with Gasteiger partial charge in [0.05, 0.1) is 5.52 Å². The van der Waals surface area contributed by atoms with Crippen molar-refractivity contribution in [1.82, 2.24) is 30.6 Å². The van der Waals surface area contributed by atoms with Crippen LogP contribution in [0.5, 0.6) is 0 Å². The minimum Gasteiger partial charge on any atom is -0.350 e. The Bertz CT molecular complexity index is 820. The third-order valence-electron chi connectivity index (χ3n) is 5.49. The number of para-hydroxylation sites is 1. The van der Waals surface area contributed by atoms with Gasteiger partial charge < -0.3 is 15.5 Å². The van der Waals surface area contributed by atoms with E-state index in [4.69, 9.17) is 0 Å². The second-order valence-corrected chi connectivity index (χ2v) is 7.19. The molecule has 0 bridgehead atoms. The largest absolute Gasteiger partial charge is 0.350 e. The van der Waals surface area contributed by atoms with Gasteiger partial charge in [-0.05, 0) is 12.5 Å². The van der Waals surface area contributed by atoms with Gasteiger partial charge in [-0.1, -0.05) is 18.2 Å². The smallest absolute Gasteiger partial charge is 0.272 e. The lowest BCUT2D eigenvalue weighted by atomic mass is 10.2. The zero-order chi connectivity index (χ0) is 18.6. The highest BCUT2D eigenvalue weighted by Gasteiger charge is 2.30. The van der Waals surface area contributed by atoms with Crippen LogP contribution in [0.4, 0.5) is 0 Å². The molecule has 0 saturated carbocycles. The first-order valence-electron chi connectivity index (χ1n) is 9.66. The van der Waals surface area contributed by atoms with Crippen LogP contribution in [0.1, 0.15) is 23.3 Å². The Labute approximate surface area is 170 Å². The number of halogens is 1. The Kier molecular flexibility index (Phi) is 6.88. The number of hydrogen-bond acceptors (Lipinski definition) is 5. The number of fused-ring (bicyclic) bond motifs is 1. The van der Waals surface area contributed by atoms with Crippen molar-refractivity contribution in [2.24, 2.45) is 0 Å². The predicted molar refractivity (Wildman–Crippen MR) is 110 cm³/mol. The normalized spacial score (nSPS) is 20.1. The Morgan fingerprint density at radius 2 is 1.96 bits per heavy atom. The fraction of sp³-hybridized carbons (Fsp3) is 0.526. The summed E-state index contributed by atoms with van der Waals surface area (Å²) in [6.07, 6.45) is 1.36. The molecular formula is C19H27ClN6O2. The Morgan fingerprint density at radius 1 is 1.18 bits per heavy atom. The first-order chi connectivity index (χ1) is 13.2. The molecule has 0 radical (unpaired) electrons. The lowest BCUT2D eigenvalue weighted by Crippen LogP contribution is -2.49. The third kappa shape index (κ3) is 4.45. The average molecular weight is 407 g/mol. The van der Waals surface area contributed by atoms with E-state index < -0.39 is 0 Å². The second kappa shape index (κ2) is 9.36. The number of benzene rings is 1. The number of aromatic nitrogens is 2. The molecule has 3 N–H and O–H groups in total. The third-order valence-corrected chi connectivity index (χ3v) is 5.49. The molecule has 2 aliphatic heterocycles. The van der Waals surface area contributed by atoms with E-state index in [2.05, 4.69) is 25.7 Å². The molecule has 2 aliphatic rings. The number of rotatable bonds is 5. The second-order valence-electron chi connectivity index (χ2n) is 7.19. The number of amides is 2. The topological polar surface area (TPSA) is 93.4 Å². The summed E-state index contributed by atoms with van der Waals surface area (Å²) >= 11 is 0. The first kappa shape index (κ1) is 20.6. The molecule has 2 saturated heterocycles. The summed E-state index contributed by atoms with van der Waals surface area (Å²) in [5.74, 6) is -0.139. The maximum absolute atomic E-state index is 12.5. The standard InChI is InChI=1S/C19H26N6O2.ClH/c26-17(25-10-6-14(13-25)24-11-8-20-9-12-24)5-7-21-19(27)18-15-3-1-2-4-16(15)22-23-18;/h1-4,14,20H,5-13H2,(H,21,27)(H,22,23);1H. The van der Waals surface area contributed by atoms with E-state index in [-0.39, 0.29) is 24.2 Å². The highest BCUT2D eigenvalue weighted by atomic mass is 35.5. The van der Waals surface area contributed by atoms with Crippen molar-refractivity contribution in [3.63, 3.8) is 0 Å². The number of piperazine rings is 1. The summed E-state index contributed by atoms with van der Waals surface area (Å²) in [4.78, 5) is 29.2. The average Bonchev–Trinajstić information content (AvgIpc) is 3.36. The van der Waals surface area contributed by atoms with Gasteiger partial charge in [0.1, 0.15) is 0 Å². The Morgan fingerprint density at radius 3 is 2.79 bits per heavy atom. The van der Waals surface area contributed by atoms with Crippen LogP contribution in [0.25, 0.3) is 10.9 Å². The summed E-state index contributed by atoms with van der Waals surface area (Å²) in [7, 11) is 0. The van der Waals surface area contributed by atoms with Crippen molar-refractivity contribution in [1.29, 1.82) is 0 Å². The van der Waals surface area contributed by atoms with E-state index in [9.17, 15) is 9.59 Å². The van der Waals surface area contributed by atoms with E-state index in [0.717, 1.165) is 56.6 Å². The lowest BCUT2D eigenvalue weighted by Gasteiger charge is -2.32. The van der Waals surface area contributed by atoms with Crippen molar-refractivity contribution in [2.75, 3.05) is 45.8 Å². The summed E-state index contributed by atoms with van der Waals surface area (Å²) in [6, 6.07) is 7.98. The van der Waals surface area contributed by atoms with Crippen LogP contribution in [0.3, 0.4) is 0 Å². The predicted octanol–water partition coefficient (Wildman–Crippen LogP) is 0.611. The molecule has 4 rings (SSSR count). The summed E-state index contributed by atoms with van der Waals surface area (Å²) in [5.41, 5.74) is 1.20. The quantitative estimate of drug-likeness (QED) is 0.676. The Balaban J connectivity index is 0.00000225. The van der Waals surface area contributed by atoms with Crippen molar-refractivity contribution in [3.8, 4) is 0 Å². The number of nitrogens with one attached hydrogen (secondary N) is 3. The van der Waals surface area contributed by atoms with Crippen molar-refractivity contribution >= 4 is 35.1 Å². The summed E-state index contributed by atoms with van der Waals surface area (Å²) < 4.78 is 0. The van der Waals surface area contributed by atoms with Gasteiger partial charge in [0, 0.05) is 63.7 Å². The van der Waals surface area contributed by atoms with E-state index in [1.807, 2.05) is 29.2 Å². The zero-order valence-electron chi connectivity index (χ0n) is 15.8. The number of H-pyrrole nitrogens is 1. The molecule has 1 aromatic heterocycles. The van der Waals surface area contributed by atoms with Crippen LogP contribution in [-0.2, 0) is 4.79 Å². The number of carbonyl (C=O) groups excluding carboxylic acids is 2. The van der Waals surface area contributed by atoms with Gasteiger partial charge in [0.15, 0.2) is 5.69 Å². The first-order valence-corrected chi connectivity index (χ1v) is 9.66. The maximum Gasteiger partial charge on any atom is 0.272 e. The van der Waals surface area contributed by atoms with E-state index >= 15 is 0 Å². The van der Waals surface area contributed by atoms with Crippen LogP contribution in [-0.4, -0.2) is 83.7 Å². The van der Waals surface area contributed by atoms with Crippen LogP contribution in [0, 0.1) is 0 Å². The molecule has 28 heavy (non-hydrogen) atoms. The lowest BCUT2D eigenvalue weighted by molar-refractivity contribution is -0.130. The monoisotopic (exact) mass is 406 g/mol. The minimum absolute atomic E-state index is 0. The van der Waals surface area contributed by atoms with Gasteiger partial charge in [-0.3, -0.25) is 19.6 Å². The Hall–Kier alpha value is -2.16. The van der Waals surface area contributed by atoms with Gasteiger partial charge in [0.25, 0.3) is 5.91 Å². The highest BCUT2D eigenvalue weighted by molar-refractivity contribution is 6.04. The molecule has 2 amide bonds. The molecule has 1 atom stereocenters. The molecule has 8 nitrogen and oxygen atoms in total. The van der Waals surface area contributed by atoms with Crippen LogP contribution in [0.15, 0.2) is 24.3 Å². The van der Waals surface area contributed by atoms with Gasteiger partial charge in [-0.25, -0.2) is 0 Å². The molecule has 0 aliphatic carbocycles. The van der Waals surface area contributed by atoms with E-state index in [0.29, 0.717) is 24.7 Å². The molecule has 1 unspecified atom stereocenters. The van der Waals surface area contributed by atoms with Crippen LogP contribution < -0.4 is 10.6 Å². The number of likely N-dealkylation sites (tertiary alicyclic amines) is 1. The molecular weight excluding hydrogens is 380 g/mol. The van der Waals surface area contributed by atoms with Gasteiger partial charge in [-0.15, -0.1) is 12.4 Å². The highest BCUT2D eigenvalue weighted by Crippen LogP contribution is 2.17. The zero-order valence-corrected chi connectivity index (χ0v) is 16.6. The SMILES string of the molecule is Cl.O=C(NCCC(=O)N1CCC(N2CCNCC2)C1)c1n[nH]c2ccccc12. The molecule has 2 fully saturated rings. The van der Waals surface area contributed by atoms with Gasteiger partial charge >= 0.3 is 0 Å². The number of carbonyl (C=O) groups is 2. The van der Waals surface area contributed by atoms with Crippen LogP contribution >= 0.6 is 12.4 Å². The molecule has 2 aromatic rings. The summed E-state index contributed by atoms with van der Waals surface area (Å²) in [6.45, 7) is 6.10. The van der Waals surface area contributed by atoms with Gasteiger partial charge in [0.2, 0.25) is 5.91 Å². The fourth-order valence-electron chi connectivity index (χ4n) is 3.98. The number of hydrogen-bond donors (Lipinski definition) is 3. The molecule has 152 valence electrons. The molecule has 3 heterocycles. The number of nitrogens with zero attached hydrogens (tertiary/aromatic N) is 3. The van der Waals surface area contributed by atoms with Crippen molar-refractivity contribution < 1.29 is 9.59 Å². The molecule has 9 heteroatoms. The number of aromatic amines is 1. The van der Waals surface area contributed by atoms with Crippen molar-refractivity contribution in [3.05, 3.63) is 30.0 Å².